The molecule has 0 saturated heterocycles. The van der Waals surface area contributed by atoms with E-state index in [2.05, 4.69) is 19.2 Å². The summed E-state index contributed by atoms with van der Waals surface area (Å²) in [6.45, 7) is 5.78. The third-order valence-electron chi connectivity index (χ3n) is 4.60. The van der Waals surface area contributed by atoms with Crippen molar-refractivity contribution in [3.8, 4) is 11.5 Å². The topological polar surface area (TPSA) is 47.6 Å². The van der Waals surface area contributed by atoms with Crippen molar-refractivity contribution in [3.05, 3.63) is 24.3 Å². The first kappa shape index (κ1) is 23.3. The highest BCUT2D eigenvalue weighted by Gasteiger charge is 2.04. The summed E-state index contributed by atoms with van der Waals surface area (Å²) < 4.78 is 10.9. The van der Waals surface area contributed by atoms with Crippen LogP contribution in [0.2, 0.25) is 0 Å². The van der Waals surface area contributed by atoms with Gasteiger partial charge in [0.1, 0.15) is 11.5 Å². The summed E-state index contributed by atoms with van der Waals surface area (Å²) in [5.41, 5.74) is 0. The van der Waals surface area contributed by atoms with Gasteiger partial charge in [0.05, 0.1) is 6.61 Å². The SMILES string of the molecule is CCCCCCCCCCCCNC(=O)Oc1ccc(OCCCC)cc1. The number of rotatable bonds is 16. The van der Waals surface area contributed by atoms with Crippen LogP contribution in [0.15, 0.2) is 24.3 Å². The summed E-state index contributed by atoms with van der Waals surface area (Å²) in [4.78, 5) is 11.8. The maximum atomic E-state index is 11.8. The van der Waals surface area contributed by atoms with Crippen LogP contribution in [0.3, 0.4) is 0 Å². The molecule has 1 rings (SSSR count). The Morgan fingerprint density at radius 3 is 1.85 bits per heavy atom. The molecule has 0 unspecified atom stereocenters. The number of hydrogen-bond donors (Lipinski definition) is 1. The molecule has 0 aliphatic heterocycles. The lowest BCUT2D eigenvalue weighted by atomic mass is 10.1. The summed E-state index contributed by atoms with van der Waals surface area (Å²) >= 11 is 0. The second-order valence-corrected chi connectivity index (χ2v) is 7.17. The van der Waals surface area contributed by atoms with E-state index < -0.39 is 0 Å². The maximum Gasteiger partial charge on any atom is 0.412 e. The Morgan fingerprint density at radius 2 is 1.26 bits per heavy atom. The van der Waals surface area contributed by atoms with Crippen molar-refractivity contribution in [1.82, 2.24) is 5.32 Å². The lowest BCUT2D eigenvalue weighted by Gasteiger charge is -2.08. The first-order valence-electron chi connectivity index (χ1n) is 10.9. The molecule has 1 aromatic carbocycles. The highest BCUT2D eigenvalue weighted by molar-refractivity contribution is 5.70. The van der Waals surface area contributed by atoms with Gasteiger partial charge >= 0.3 is 6.09 Å². The van der Waals surface area contributed by atoms with Gasteiger partial charge in [0.25, 0.3) is 0 Å². The summed E-state index contributed by atoms with van der Waals surface area (Å²) in [7, 11) is 0. The zero-order valence-corrected chi connectivity index (χ0v) is 17.4. The predicted octanol–water partition coefficient (Wildman–Crippen LogP) is 6.87. The minimum atomic E-state index is -0.384. The molecule has 1 aromatic rings. The first-order valence-corrected chi connectivity index (χ1v) is 10.9. The second kappa shape index (κ2) is 16.5. The third kappa shape index (κ3) is 13.2. The molecule has 0 saturated carbocycles. The van der Waals surface area contributed by atoms with Crippen molar-refractivity contribution in [1.29, 1.82) is 0 Å². The number of hydrogen-bond acceptors (Lipinski definition) is 3. The van der Waals surface area contributed by atoms with Gasteiger partial charge in [-0.25, -0.2) is 4.79 Å². The fourth-order valence-corrected chi connectivity index (χ4v) is 2.88. The number of carbonyl (C=O) groups excluding carboxylic acids is 1. The van der Waals surface area contributed by atoms with Crippen molar-refractivity contribution in [2.75, 3.05) is 13.2 Å². The Hall–Kier alpha value is -1.71. The number of carbonyl (C=O) groups is 1. The lowest BCUT2D eigenvalue weighted by Crippen LogP contribution is -2.27. The van der Waals surface area contributed by atoms with Crippen LogP contribution in [0, 0.1) is 0 Å². The van der Waals surface area contributed by atoms with Crippen LogP contribution in [-0.4, -0.2) is 19.2 Å². The van der Waals surface area contributed by atoms with Crippen LogP contribution < -0.4 is 14.8 Å². The Kier molecular flexibility index (Phi) is 14.2. The van der Waals surface area contributed by atoms with E-state index in [0.717, 1.165) is 31.6 Å². The van der Waals surface area contributed by atoms with Gasteiger partial charge in [0, 0.05) is 6.54 Å². The minimum Gasteiger partial charge on any atom is -0.494 e. The van der Waals surface area contributed by atoms with Crippen molar-refractivity contribution >= 4 is 6.09 Å². The standard InChI is InChI=1S/C23H39NO3/c1-3-5-7-8-9-10-11-12-13-14-19-24-23(25)27-22-17-15-21(16-18-22)26-20-6-4-2/h15-18H,3-14,19-20H2,1-2H3,(H,24,25). The number of unbranched alkanes of at least 4 members (excludes halogenated alkanes) is 10. The van der Waals surface area contributed by atoms with Gasteiger partial charge in [-0.05, 0) is 37.1 Å². The molecular formula is C23H39NO3. The molecule has 1 amide bonds. The van der Waals surface area contributed by atoms with Gasteiger partial charge in [-0.15, -0.1) is 0 Å². The van der Waals surface area contributed by atoms with Gasteiger partial charge < -0.3 is 14.8 Å². The van der Waals surface area contributed by atoms with Crippen molar-refractivity contribution in [2.45, 2.75) is 90.9 Å². The highest BCUT2D eigenvalue weighted by atomic mass is 16.6. The zero-order chi connectivity index (χ0) is 19.6. The van der Waals surface area contributed by atoms with Crippen LogP contribution in [-0.2, 0) is 0 Å². The molecule has 0 aliphatic rings. The molecule has 0 aromatic heterocycles. The van der Waals surface area contributed by atoms with Gasteiger partial charge in [0.15, 0.2) is 0 Å². The average molecular weight is 378 g/mol. The molecule has 154 valence electrons. The summed E-state index contributed by atoms with van der Waals surface area (Å²) in [6.07, 6.45) is 14.7. The van der Waals surface area contributed by atoms with Crippen LogP contribution in [0.4, 0.5) is 4.79 Å². The van der Waals surface area contributed by atoms with Crippen molar-refractivity contribution in [2.24, 2.45) is 0 Å². The Balaban J connectivity index is 1.99. The first-order chi connectivity index (χ1) is 13.3. The minimum absolute atomic E-state index is 0.384. The van der Waals surface area contributed by atoms with Gasteiger partial charge in [0.2, 0.25) is 0 Å². The van der Waals surface area contributed by atoms with Crippen LogP contribution in [0.1, 0.15) is 90.9 Å². The van der Waals surface area contributed by atoms with Crippen molar-refractivity contribution in [3.63, 3.8) is 0 Å². The molecule has 0 bridgehead atoms. The van der Waals surface area contributed by atoms with E-state index in [0.29, 0.717) is 12.3 Å². The number of benzene rings is 1. The Morgan fingerprint density at radius 1 is 0.741 bits per heavy atom. The molecule has 0 aliphatic carbocycles. The molecule has 4 heteroatoms. The Labute approximate surface area is 166 Å². The number of ether oxygens (including phenoxy) is 2. The molecular weight excluding hydrogens is 338 g/mol. The molecule has 0 fully saturated rings. The van der Waals surface area contributed by atoms with E-state index in [1.54, 1.807) is 12.1 Å². The van der Waals surface area contributed by atoms with Crippen LogP contribution in [0.5, 0.6) is 11.5 Å². The predicted molar refractivity (Wildman–Crippen MR) is 113 cm³/mol. The Bertz CT molecular complexity index is 473. The number of amides is 1. The van der Waals surface area contributed by atoms with E-state index in [1.807, 2.05) is 12.1 Å². The maximum absolute atomic E-state index is 11.8. The van der Waals surface area contributed by atoms with Gasteiger partial charge in [-0.3, -0.25) is 0 Å². The highest BCUT2D eigenvalue weighted by Crippen LogP contribution is 2.18. The fourth-order valence-electron chi connectivity index (χ4n) is 2.88. The lowest BCUT2D eigenvalue weighted by molar-refractivity contribution is 0.200. The molecule has 0 spiro atoms. The quantitative estimate of drug-likeness (QED) is 0.320. The number of nitrogens with one attached hydrogen (secondary N) is 1. The van der Waals surface area contributed by atoms with Crippen LogP contribution >= 0.6 is 0 Å². The molecule has 4 nitrogen and oxygen atoms in total. The molecule has 27 heavy (non-hydrogen) atoms. The normalized spacial score (nSPS) is 10.6. The summed E-state index contributed by atoms with van der Waals surface area (Å²) in [6, 6.07) is 7.20. The van der Waals surface area contributed by atoms with Gasteiger partial charge in [-0.2, -0.15) is 0 Å². The van der Waals surface area contributed by atoms with E-state index in [1.165, 1.54) is 57.8 Å². The van der Waals surface area contributed by atoms with E-state index in [-0.39, 0.29) is 6.09 Å². The molecule has 0 heterocycles. The van der Waals surface area contributed by atoms with Crippen LogP contribution in [0.25, 0.3) is 0 Å². The van der Waals surface area contributed by atoms with E-state index in [9.17, 15) is 4.79 Å². The fraction of sp³-hybridized carbons (Fsp3) is 0.696. The average Bonchev–Trinajstić information content (AvgIpc) is 2.67. The molecule has 0 atom stereocenters. The van der Waals surface area contributed by atoms with E-state index in [4.69, 9.17) is 9.47 Å². The molecule has 1 N–H and O–H groups in total. The summed E-state index contributed by atoms with van der Waals surface area (Å²) in [5.74, 6) is 1.35. The van der Waals surface area contributed by atoms with E-state index >= 15 is 0 Å². The zero-order valence-electron chi connectivity index (χ0n) is 17.4. The largest absolute Gasteiger partial charge is 0.494 e. The van der Waals surface area contributed by atoms with Crippen molar-refractivity contribution < 1.29 is 14.3 Å². The third-order valence-corrected chi connectivity index (χ3v) is 4.60. The monoisotopic (exact) mass is 377 g/mol. The second-order valence-electron chi connectivity index (χ2n) is 7.17. The summed E-state index contributed by atoms with van der Waals surface area (Å²) in [5, 5.41) is 2.82. The smallest absolute Gasteiger partial charge is 0.412 e. The molecule has 0 radical (unpaired) electrons. The van der Waals surface area contributed by atoms with Gasteiger partial charge in [-0.1, -0.05) is 78.1 Å².